The molecule has 2 N–H and O–H groups in total. The fourth-order valence-electron chi connectivity index (χ4n) is 2.67. The molecule has 0 bridgehead atoms. The van der Waals surface area contributed by atoms with Crippen molar-refractivity contribution in [3.05, 3.63) is 29.3 Å². The lowest BCUT2D eigenvalue weighted by atomic mass is 9.78. The van der Waals surface area contributed by atoms with Gasteiger partial charge in [-0.05, 0) is 49.8 Å². The molecule has 0 radical (unpaired) electrons. The second kappa shape index (κ2) is 3.77. The van der Waals surface area contributed by atoms with Crippen molar-refractivity contribution in [3.8, 4) is 0 Å². The van der Waals surface area contributed by atoms with E-state index >= 15 is 0 Å². The molecule has 86 valence electrons. The van der Waals surface area contributed by atoms with Crippen molar-refractivity contribution in [1.29, 1.82) is 0 Å². The van der Waals surface area contributed by atoms with Crippen molar-refractivity contribution in [2.45, 2.75) is 44.7 Å². The fourth-order valence-corrected chi connectivity index (χ4v) is 2.67. The highest BCUT2D eigenvalue weighted by molar-refractivity contribution is 5.56. The van der Waals surface area contributed by atoms with E-state index in [1.54, 1.807) is 0 Å². The Morgan fingerprint density at radius 1 is 1.38 bits per heavy atom. The van der Waals surface area contributed by atoms with Gasteiger partial charge in [0.2, 0.25) is 0 Å². The number of benzene rings is 1. The molecule has 1 aliphatic carbocycles. The van der Waals surface area contributed by atoms with Crippen molar-refractivity contribution < 1.29 is 0 Å². The van der Waals surface area contributed by atoms with E-state index < -0.39 is 0 Å². The van der Waals surface area contributed by atoms with Gasteiger partial charge in [-0.25, -0.2) is 0 Å². The van der Waals surface area contributed by atoms with E-state index in [4.69, 9.17) is 0 Å². The number of hydrogen-bond donors (Lipinski definition) is 2. The van der Waals surface area contributed by atoms with Crippen molar-refractivity contribution in [2.75, 3.05) is 11.9 Å². The Kier molecular flexibility index (Phi) is 2.40. The first kappa shape index (κ1) is 10.2. The predicted octanol–water partition coefficient (Wildman–Crippen LogP) is 2.69. The average molecular weight is 216 g/mol. The highest BCUT2D eigenvalue weighted by atomic mass is 15.0. The number of rotatable bonds is 3. The van der Waals surface area contributed by atoms with Crippen LogP contribution in [0.5, 0.6) is 0 Å². The molecule has 1 saturated carbocycles. The summed E-state index contributed by atoms with van der Waals surface area (Å²) in [5, 5.41) is 7.08. The molecule has 1 heterocycles. The van der Waals surface area contributed by atoms with Gasteiger partial charge in [-0.15, -0.1) is 0 Å². The SMILES string of the molecule is CC1(NCc2ccc3c(c2)CCN3)CCC1. The van der Waals surface area contributed by atoms with E-state index in [9.17, 15) is 0 Å². The molecular formula is C14H20N2. The average Bonchev–Trinajstić information content (AvgIpc) is 2.70. The van der Waals surface area contributed by atoms with Crippen LogP contribution >= 0.6 is 0 Å². The van der Waals surface area contributed by atoms with Crippen LogP contribution < -0.4 is 10.6 Å². The Labute approximate surface area is 97.4 Å². The summed E-state index contributed by atoms with van der Waals surface area (Å²) < 4.78 is 0. The number of hydrogen-bond acceptors (Lipinski definition) is 2. The van der Waals surface area contributed by atoms with Gasteiger partial charge in [0.05, 0.1) is 0 Å². The molecule has 16 heavy (non-hydrogen) atoms. The highest BCUT2D eigenvalue weighted by Gasteiger charge is 2.30. The molecule has 2 nitrogen and oxygen atoms in total. The summed E-state index contributed by atoms with van der Waals surface area (Å²) in [5.41, 5.74) is 4.66. The zero-order chi connectivity index (χ0) is 11.0. The third-order valence-corrected chi connectivity index (χ3v) is 4.06. The van der Waals surface area contributed by atoms with E-state index in [1.807, 2.05) is 0 Å². The van der Waals surface area contributed by atoms with Gasteiger partial charge < -0.3 is 10.6 Å². The zero-order valence-electron chi connectivity index (χ0n) is 9.97. The minimum Gasteiger partial charge on any atom is -0.384 e. The van der Waals surface area contributed by atoms with Gasteiger partial charge in [-0.2, -0.15) is 0 Å². The third kappa shape index (κ3) is 1.82. The lowest BCUT2D eigenvalue weighted by Crippen LogP contribution is -2.47. The summed E-state index contributed by atoms with van der Waals surface area (Å²) in [6.45, 7) is 4.46. The van der Waals surface area contributed by atoms with Crippen LogP contribution in [-0.2, 0) is 13.0 Å². The van der Waals surface area contributed by atoms with Gasteiger partial charge in [0, 0.05) is 24.3 Å². The molecule has 0 saturated heterocycles. The van der Waals surface area contributed by atoms with Crippen molar-refractivity contribution in [2.24, 2.45) is 0 Å². The number of nitrogens with one attached hydrogen (secondary N) is 2. The molecule has 1 aliphatic heterocycles. The van der Waals surface area contributed by atoms with Gasteiger partial charge in [0.1, 0.15) is 0 Å². The molecule has 2 heteroatoms. The fraction of sp³-hybridized carbons (Fsp3) is 0.571. The zero-order valence-corrected chi connectivity index (χ0v) is 9.97. The summed E-state index contributed by atoms with van der Waals surface area (Å²) >= 11 is 0. The van der Waals surface area contributed by atoms with Crippen LogP contribution in [0.15, 0.2) is 18.2 Å². The van der Waals surface area contributed by atoms with Gasteiger partial charge >= 0.3 is 0 Å². The quantitative estimate of drug-likeness (QED) is 0.811. The van der Waals surface area contributed by atoms with E-state index in [0.29, 0.717) is 5.54 Å². The second-order valence-corrected chi connectivity index (χ2v) is 5.44. The molecule has 0 atom stereocenters. The highest BCUT2D eigenvalue weighted by Crippen LogP contribution is 2.31. The van der Waals surface area contributed by atoms with E-state index in [2.05, 4.69) is 35.8 Å². The van der Waals surface area contributed by atoms with Crippen LogP contribution in [0.2, 0.25) is 0 Å². The minimum absolute atomic E-state index is 0.414. The molecule has 0 aromatic heterocycles. The largest absolute Gasteiger partial charge is 0.384 e. The van der Waals surface area contributed by atoms with Gasteiger partial charge in [-0.1, -0.05) is 12.1 Å². The summed E-state index contributed by atoms with van der Waals surface area (Å²) in [5.74, 6) is 0. The lowest BCUT2D eigenvalue weighted by molar-refractivity contribution is 0.207. The van der Waals surface area contributed by atoms with Crippen LogP contribution in [0.1, 0.15) is 37.3 Å². The van der Waals surface area contributed by atoms with Crippen LogP contribution in [0.4, 0.5) is 5.69 Å². The summed E-state index contributed by atoms with van der Waals surface area (Å²) in [7, 11) is 0. The minimum atomic E-state index is 0.414. The van der Waals surface area contributed by atoms with Crippen LogP contribution in [-0.4, -0.2) is 12.1 Å². The molecule has 1 aromatic rings. The number of anilines is 1. The van der Waals surface area contributed by atoms with E-state index in [0.717, 1.165) is 13.1 Å². The van der Waals surface area contributed by atoms with Crippen LogP contribution in [0.3, 0.4) is 0 Å². The Balaban J connectivity index is 1.66. The maximum absolute atomic E-state index is 3.68. The van der Waals surface area contributed by atoms with Crippen LogP contribution in [0.25, 0.3) is 0 Å². The molecule has 0 spiro atoms. The molecular weight excluding hydrogens is 196 g/mol. The first-order valence-electron chi connectivity index (χ1n) is 6.36. The van der Waals surface area contributed by atoms with E-state index in [-0.39, 0.29) is 0 Å². The standard InChI is InChI=1S/C14H20N2/c1-14(6-2-7-14)16-10-11-3-4-13-12(9-11)5-8-15-13/h3-4,9,15-16H,2,5-8,10H2,1H3. The van der Waals surface area contributed by atoms with Gasteiger partial charge in [0.15, 0.2) is 0 Å². The molecule has 1 fully saturated rings. The smallest absolute Gasteiger partial charge is 0.0373 e. The Morgan fingerprint density at radius 3 is 3.00 bits per heavy atom. The summed E-state index contributed by atoms with van der Waals surface area (Å²) in [4.78, 5) is 0. The van der Waals surface area contributed by atoms with E-state index in [1.165, 1.54) is 42.5 Å². The predicted molar refractivity (Wildman–Crippen MR) is 67.7 cm³/mol. The van der Waals surface area contributed by atoms with Gasteiger partial charge in [-0.3, -0.25) is 0 Å². The third-order valence-electron chi connectivity index (χ3n) is 4.06. The van der Waals surface area contributed by atoms with Crippen molar-refractivity contribution in [3.63, 3.8) is 0 Å². The topological polar surface area (TPSA) is 24.1 Å². The van der Waals surface area contributed by atoms with Crippen molar-refractivity contribution in [1.82, 2.24) is 5.32 Å². The maximum Gasteiger partial charge on any atom is 0.0373 e. The molecule has 3 rings (SSSR count). The van der Waals surface area contributed by atoms with Gasteiger partial charge in [0.25, 0.3) is 0 Å². The Hall–Kier alpha value is -1.02. The summed E-state index contributed by atoms with van der Waals surface area (Å²) in [6, 6.07) is 6.82. The second-order valence-electron chi connectivity index (χ2n) is 5.44. The lowest BCUT2D eigenvalue weighted by Gasteiger charge is -2.39. The Morgan fingerprint density at radius 2 is 2.25 bits per heavy atom. The first-order chi connectivity index (χ1) is 7.75. The molecule has 0 amide bonds. The maximum atomic E-state index is 3.68. The summed E-state index contributed by atoms with van der Waals surface area (Å²) in [6.07, 6.45) is 5.23. The first-order valence-corrected chi connectivity index (χ1v) is 6.36. The van der Waals surface area contributed by atoms with Crippen LogP contribution in [0, 0.1) is 0 Å². The number of fused-ring (bicyclic) bond motifs is 1. The van der Waals surface area contributed by atoms with Crippen molar-refractivity contribution >= 4 is 5.69 Å². The molecule has 0 unspecified atom stereocenters. The molecule has 1 aromatic carbocycles. The monoisotopic (exact) mass is 216 g/mol. The molecule has 2 aliphatic rings. The normalized spacial score (nSPS) is 21.1. The Bertz CT molecular complexity index is 394.